The standard InChI is InChI=1S/C18H17FN2O4S/c1-3-5-13(2)18(17(22)21-23,14-6-4-11-20-12-14)26(24,25)16-9-7-15(19)8-10-16/h4,6-13,23H,1-2H3,(H,21,22). The largest absolute Gasteiger partial charge is 0.289 e. The van der Waals surface area contributed by atoms with Gasteiger partial charge in [0, 0.05) is 18.0 Å². The minimum Gasteiger partial charge on any atom is -0.289 e. The number of hydroxylamine groups is 1. The van der Waals surface area contributed by atoms with Crippen molar-refractivity contribution in [3.8, 4) is 11.8 Å². The lowest BCUT2D eigenvalue weighted by molar-refractivity contribution is -0.133. The van der Waals surface area contributed by atoms with Crippen LogP contribution in [0.5, 0.6) is 0 Å². The molecule has 2 atom stereocenters. The molecule has 2 rings (SSSR count). The number of nitrogens with zero attached hydrogens (tertiary/aromatic N) is 1. The van der Waals surface area contributed by atoms with E-state index in [0.717, 1.165) is 24.3 Å². The van der Waals surface area contributed by atoms with E-state index >= 15 is 0 Å². The lowest BCUT2D eigenvalue weighted by Gasteiger charge is -2.34. The van der Waals surface area contributed by atoms with Crippen LogP contribution in [0.25, 0.3) is 0 Å². The number of benzene rings is 1. The first-order valence-corrected chi connectivity index (χ1v) is 9.08. The summed E-state index contributed by atoms with van der Waals surface area (Å²) in [6.45, 7) is 2.96. The van der Waals surface area contributed by atoms with Gasteiger partial charge >= 0.3 is 0 Å². The quantitative estimate of drug-likeness (QED) is 0.360. The summed E-state index contributed by atoms with van der Waals surface area (Å²) in [5.74, 6) is 2.44. The van der Waals surface area contributed by atoms with Gasteiger partial charge in [-0.05, 0) is 44.2 Å². The minimum atomic E-state index is -4.45. The topological polar surface area (TPSA) is 96.4 Å². The van der Waals surface area contributed by atoms with Crippen molar-refractivity contribution in [2.75, 3.05) is 0 Å². The molecule has 1 aromatic carbocycles. The van der Waals surface area contributed by atoms with E-state index in [1.54, 1.807) is 0 Å². The summed E-state index contributed by atoms with van der Waals surface area (Å²) >= 11 is 0. The normalized spacial score (nSPS) is 14.5. The lowest BCUT2D eigenvalue weighted by atomic mass is 9.86. The molecule has 0 radical (unpaired) electrons. The maximum absolute atomic E-state index is 13.5. The van der Waals surface area contributed by atoms with Crippen molar-refractivity contribution in [3.05, 3.63) is 60.2 Å². The molecule has 2 aromatic rings. The summed E-state index contributed by atoms with van der Waals surface area (Å²) in [7, 11) is -4.45. The van der Waals surface area contributed by atoms with Gasteiger partial charge in [-0.15, -0.1) is 5.92 Å². The predicted molar refractivity (Wildman–Crippen MR) is 92.0 cm³/mol. The van der Waals surface area contributed by atoms with Crippen LogP contribution in [-0.4, -0.2) is 24.5 Å². The van der Waals surface area contributed by atoms with E-state index in [4.69, 9.17) is 0 Å². The van der Waals surface area contributed by atoms with Gasteiger partial charge in [0.1, 0.15) is 5.82 Å². The van der Waals surface area contributed by atoms with Gasteiger partial charge in [-0.3, -0.25) is 15.0 Å². The number of rotatable bonds is 5. The number of pyridine rings is 1. The van der Waals surface area contributed by atoms with Crippen LogP contribution in [0.4, 0.5) is 4.39 Å². The fraction of sp³-hybridized carbons (Fsp3) is 0.222. The van der Waals surface area contributed by atoms with Crippen molar-refractivity contribution in [2.24, 2.45) is 5.92 Å². The highest BCUT2D eigenvalue weighted by atomic mass is 32.2. The zero-order valence-corrected chi connectivity index (χ0v) is 14.9. The average Bonchev–Trinajstić information content (AvgIpc) is 2.63. The van der Waals surface area contributed by atoms with Gasteiger partial charge in [0.2, 0.25) is 0 Å². The molecule has 6 nitrogen and oxygen atoms in total. The van der Waals surface area contributed by atoms with Crippen molar-refractivity contribution < 1.29 is 22.8 Å². The Morgan fingerprint density at radius 1 is 1.31 bits per heavy atom. The Bertz CT molecular complexity index is 950. The molecule has 2 N–H and O–H groups in total. The molecule has 0 saturated carbocycles. The van der Waals surface area contributed by atoms with Gasteiger partial charge in [0.15, 0.2) is 14.6 Å². The van der Waals surface area contributed by atoms with Crippen LogP contribution in [-0.2, 0) is 19.4 Å². The maximum Gasteiger partial charge on any atom is 0.271 e. The van der Waals surface area contributed by atoms with Crippen molar-refractivity contribution in [1.29, 1.82) is 0 Å². The van der Waals surface area contributed by atoms with Gasteiger partial charge in [0.05, 0.1) is 10.8 Å². The predicted octanol–water partition coefficient (Wildman–Crippen LogP) is 2.05. The lowest BCUT2D eigenvalue weighted by Crippen LogP contribution is -2.53. The van der Waals surface area contributed by atoms with Crippen LogP contribution in [0.1, 0.15) is 19.4 Å². The number of hydrogen-bond acceptors (Lipinski definition) is 5. The van der Waals surface area contributed by atoms with Crippen LogP contribution >= 0.6 is 0 Å². The van der Waals surface area contributed by atoms with Crippen LogP contribution in [0.2, 0.25) is 0 Å². The SMILES string of the molecule is CC#CC(C)C(C(=O)NO)(c1cccnc1)S(=O)(=O)c1ccc(F)cc1. The highest BCUT2D eigenvalue weighted by Gasteiger charge is 2.56. The first-order chi connectivity index (χ1) is 12.3. The second kappa shape index (κ2) is 7.64. The molecule has 0 fully saturated rings. The molecule has 0 aliphatic heterocycles. The van der Waals surface area contributed by atoms with E-state index in [0.29, 0.717) is 0 Å². The molecule has 1 aromatic heterocycles. The van der Waals surface area contributed by atoms with E-state index < -0.39 is 32.2 Å². The number of sulfone groups is 1. The molecule has 0 spiro atoms. The number of carbonyl (C=O) groups excluding carboxylic acids is 1. The Balaban J connectivity index is 2.91. The average molecular weight is 376 g/mol. The molecule has 1 heterocycles. The molecule has 2 unspecified atom stereocenters. The molecule has 26 heavy (non-hydrogen) atoms. The molecule has 0 bridgehead atoms. The Kier molecular flexibility index (Phi) is 5.75. The third kappa shape index (κ3) is 3.07. The van der Waals surface area contributed by atoms with E-state index in [1.165, 1.54) is 43.9 Å². The van der Waals surface area contributed by atoms with Gasteiger partial charge in [-0.1, -0.05) is 12.0 Å². The van der Waals surface area contributed by atoms with E-state index in [1.807, 2.05) is 0 Å². The Labute approximate surface area is 151 Å². The van der Waals surface area contributed by atoms with Crippen LogP contribution in [0.3, 0.4) is 0 Å². The molecule has 0 aliphatic rings. The molecular formula is C18H17FN2O4S. The number of nitrogens with one attached hydrogen (secondary N) is 1. The van der Waals surface area contributed by atoms with Crippen LogP contribution < -0.4 is 5.48 Å². The van der Waals surface area contributed by atoms with Gasteiger partial charge in [0.25, 0.3) is 5.91 Å². The fourth-order valence-corrected chi connectivity index (χ4v) is 4.98. The van der Waals surface area contributed by atoms with E-state index in [9.17, 15) is 22.8 Å². The van der Waals surface area contributed by atoms with Crippen LogP contribution in [0.15, 0.2) is 53.7 Å². The Hall–Kier alpha value is -2.76. The van der Waals surface area contributed by atoms with Gasteiger partial charge in [-0.25, -0.2) is 18.3 Å². The minimum absolute atomic E-state index is 0.0334. The maximum atomic E-state index is 13.5. The Morgan fingerprint density at radius 2 is 1.96 bits per heavy atom. The zero-order chi connectivity index (χ0) is 19.4. The summed E-state index contributed by atoms with van der Waals surface area (Å²) in [6, 6.07) is 6.97. The molecule has 0 saturated heterocycles. The third-order valence-corrected chi connectivity index (χ3v) is 6.56. The summed E-state index contributed by atoms with van der Waals surface area (Å²) < 4.78 is 38.0. The van der Waals surface area contributed by atoms with Crippen molar-refractivity contribution in [3.63, 3.8) is 0 Å². The fourth-order valence-electron chi connectivity index (χ4n) is 2.87. The Morgan fingerprint density at radius 3 is 2.46 bits per heavy atom. The second-order valence-electron chi connectivity index (χ2n) is 5.49. The number of halogens is 1. The van der Waals surface area contributed by atoms with E-state index in [2.05, 4.69) is 16.8 Å². The molecule has 136 valence electrons. The first-order valence-electron chi connectivity index (χ1n) is 7.59. The molecule has 8 heteroatoms. The monoisotopic (exact) mass is 376 g/mol. The van der Waals surface area contributed by atoms with Crippen molar-refractivity contribution in [1.82, 2.24) is 10.5 Å². The first kappa shape index (κ1) is 19.6. The molecule has 1 amide bonds. The molecule has 0 aliphatic carbocycles. The van der Waals surface area contributed by atoms with Crippen molar-refractivity contribution >= 4 is 15.7 Å². The van der Waals surface area contributed by atoms with Crippen LogP contribution in [0, 0.1) is 23.6 Å². The summed E-state index contributed by atoms with van der Waals surface area (Å²) in [5, 5.41) is 9.31. The second-order valence-corrected chi connectivity index (χ2v) is 7.61. The summed E-state index contributed by atoms with van der Waals surface area (Å²) in [6.07, 6.45) is 2.65. The highest BCUT2D eigenvalue weighted by Crippen LogP contribution is 2.42. The number of aromatic nitrogens is 1. The molecular weight excluding hydrogens is 359 g/mol. The van der Waals surface area contributed by atoms with E-state index in [-0.39, 0.29) is 10.5 Å². The zero-order valence-electron chi connectivity index (χ0n) is 14.1. The van der Waals surface area contributed by atoms with Gasteiger partial charge in [-0.2, -0.15) is 0 Å². The third-order valence-electron chi connectivity index (χ3n) is 4.05. The summed E-state index contributed by atoms with van der Waals surface area (Å²) in [4.78, 5) is 16.3. The highest BCUT2D eigenvalue weighted by molar-refractivity contribution is 7.93. The number of carbonyl (C=O) groups is 1. The van der Waals surface area contributed by atoms with Gasteiger partial charge < -0.3 is 0 Å². The number of hydrogen-bond donors (Lipinski definition) is 2. The summed E-state index contributed by atoms with van der Waals surface area (Å²) in [5.41, 5.74) is 1.48. The smallest absolute Gasteiger partial charge is 0.271 e. The number of amides is 1. The van der Waals surface area contributed by atoms with Crippen molar-refractivity contribution in [2.45, 2.75) is 23.5 Å².